The first kappa shape index (κ1) is 15.2. The van der Waals surface area contributed by atoms with Gasteiger partial charge in [0.05, 0.1) is 4.88 Å². The molecule has 1 rings (SSSR count). The van der Waals surface area contributed by atoms with Crippen molar-refractivity contribution in [3.05, 3.63) is 15.6 Å². The molecule has 0 saturated heterocycles. The summed E-state index contributed by atoms with van der Waals surface area (Å²) in [5, 5.41) is 1.16. The molecule has 104 valence electrons. The maximum absolute atomic E-state index is 12.5. The maximum atomic E-state index is 12.5. The van der Waals surface area contributed by atoms with Crippen molar-refractivity contribution in [2.24, 2.45) is 0 Å². The predicted octanol–water partition coefficient (Wildman–Crippen LogP) is 3.68. The first-order valence-electron chi connectivity index (χ1n) is 5.01. The Morgan fingerprint density at radius 3 is 2.17 bits per heavy atom. The number of hydrogen-bond donors (Lipinski definition) is 1. The fraction of sp³-hybridized carbons (Fsp3) is 0.667. The molecule has 0 unspecified atom stereocenters. The molecule has 0 fully saturated rings. The number of nitrogens with zero attached hydrogens (tertiary/aromatic N) is 1. The number of alkyl halides is 6. The molecule has 1 N–H and O–H groups in total. The average Bonchev–Trinajstić information content (AvgIpc) is 2.61. The summed E-state index contributed by atoms with van der Waals surface area (Å²) in [6.45, 7) is 1.96. The molecule has 18 heavy (non-hydrogen) atoms. The van der Waals surface area contributed by atoms with Crippen LogP contribution in [0.4, 0.5) is 26.3 Å². The van der Waals surface area contributed by atoms with Crippen LogP contribution in [0.25, 0.3) is 0 Å². The first-order chi connectivity index (χ1) is 8.16. The molecular formula is C9H10F6N2S. The predicted molar refractivity (Wildman–Crippen MR) is 54.1 cm³/mol. The van der Waals surface area contributed by atoms with E-state index in [0.29, 0.717) is 13.0 Å². The van der Waals surface area contributed by atoms with Crippen molar-refractivity contribution < 1.29 is 26.3 Å². The molecule has 0 radical (unpaired) electrons. The van der Waals surface area contributed by atoms with Crippen molar-refractivity contribution in [1.29, 1.82) is 0 Å². The first-order valence-corrected chi connectivity index (χ1v) is 5.82. The van der Waals surface area contributed by atoms with Gasteiger partial charge in [-0.05, 0) is 13.0 Å². The van der Waals surface area contributed by atoms with Crippen LogP contribution in [0.1, 0.15) is 28.9 Å². The largest absolute Gasteiger partial charge is 0.443 e. The Morgan fingerprint density at radius 1 is 1.11 bits per heavy atom. The van der Waals surface area contributed by atoms with Crippen LogP contribution in [-0.2, 0) is 18.9 Å². The lowest BCUT2D eigenvalue weighted by atomic mass is 10.3. The van der Waals surface area contributed by atoms with E-state index in [9.17, 15) is 26.3 Å². The van der Waals surface area contributed by atoms with Crippen molar-refractivity contribution in [1.82, 2.24) is 10.3 Å². The zero-order valence-electron chi connectivity index (χ0n) is 9.24. The molecule has 0 atom stereocenters. The summed E-state index contributed by atoms with van der Waals surface area (Å²) in [4.78, 5) is 2.22. The summed E-state index contributed by atoms with van der Waals surface area (Å²) in [5.41, 5.74) is -1.46. The SMILES string of the molecule is CCCNCc1sc(C(F)(F)F)nc1C(F)(F)F. The molecule has 0 aromatic carbocycles. The van der Waals surface area contributed by atoms with E-state index in [4.69, 9.17) is 0 Å². The molecule has 1 aromatic rings. The van der Waals surface area contributed by atoms with E-state index >= 15 is 0 Å². The van der Waals surface area contributed by atoms with Crippen molar-refractivity contribution in [3.63, 3.8) is 0 Å². The van der Waals surface area contributed by atoms with Gasteiger partial charge in [0.15, 0.2) is 10.7 Å². The van der Waals surface area contributed by atoms with E-state index in [0.717, 1.165) is 0 Å². The van der Waals surface area contributed by atoms with Gasteiger partial charge in [-0.3, -0.25) is 0 Å². The summed E-state index contributed by atoms with van der Waals surface area (Å²) in [7, 11) is 0. The lowest BCUT2D eigenvalue weighted by Crippen LogP contribution is -2.17. The third kappa shape index (κ3) is 3.84. The average molecular weight is 292 g/mol. The van der Waals surface area contributed by atoms with Gasteiger partial charge in [-0.2, -0.15) is 26.3 Å². The van der Waals surface area contributed by atoms with E-state index in [2.05, 4.69) is 10.3 Å². The highest BCUT2D eigenvalue weighted by atomic mass is 32.1. The van der Waals surface area contributed by atoms with Crippen LogP contribution in [0.15, 0.2) is 0 Å². The Labute approximate surface area is 103 Å². The Balaban J connectivity index is 3.02. The zero-order chi connectivity index (χ0) is 14.0. The van der Waals surface area contributed by atoms with E-state index in [-0.39, 0.29) is 17.9 Å². The highest BCUT2D eigenvalue weighted by molar-refractivity contribution is 7.11. The van der Waals surface area contributed by atoms with Gasteiger partial charge < -0.3 is 5.32 Å². The van der Waals surface area contributed by atoms with E-state index < -0.39 is 27.9 Å². The fourth-order valence-corrected chi connectivity index (χ4v) is 2.11. The molecule has 0 bridgehead atoms. The number of thiazole rings is 1. The second-order valence-electron chi connectivity index (χ2n) is 3.46. The number of aromatic nitrogens is 1. The van der Waals surface area contributed by atoms with Crippen LogP contribution in [0.3, 0.4) is 0 Å². The number of halogens is 6. The lowest BCUT2D eigenvalue weighted by Gasteiger charge is -2.06. The van der Waals surface area contributed by atoms with Gasteiger partial charge in [0.2, 0.25) is 0 Å². The standard InChI is InChI=1S/C9H10F6N2S/c1-2-3-16-4-5-6(8(10,11)12)17-7(18-5)9(13,14)15/h16H,2-4H2,1H3. The molecule has 0 amide bonds. The molecule has 1 aromatic heterocycles. The van der Waals surface area contributed by atoms with Crippen molar-refractivity contribution in [2.75, 3.05) is 6.54 Å². The molecule has 2 nitrogen and oxygen atoms in total. The van der Waals surface area contributed by atoms with Gasteiger partial charge in [-0.1, -0.05) is 6.92 Å². The van der Waals surface area contributed by atoms with Gasteiger partial charge >= 0.3 is 12.4 Å². The molecule has 1 heterocycles. The molecule has 0 aliphatic rings. The molecule has 0 aliphatic heterocycles. The maximum Gasteiger partial charge on any atom is 0.443 e. The highest BCUT2D eigenvalue weighted by Crippen LogP contribution is 2.39. The van der Waals surface area contributed by atoms with Gasteiger partial charge in [-0.25, -0.2) is 4.98 Å². The van der Waals surface area contributed by atoms with Crippen molar-refractivity contribution in [3.8, 4) is 0 Å². The van der Waals surface area contributed by atoms with Gasteiger partial charge in [0, 0.05) is 6.54 Å². The minimum atomic E-state index is -4.87. The number of rotatable bonds is 4. The molecule has 0 saturated carbocycles. The molecule has 0 spiro atoms. The van der Waals surface area contributed by atoms with Crippen LogP contribution >= 0.6 is 11.3 Å². The molecule has 0 aliphatic carbocycles. The Hall–Kier alpha value is -0.830. The summed E-state index contributed by atoms with van der Waals surface area (Å²) in [5.74, 6) is 0. The number of hydrogen-bond acceptors (Lipinski definition) is 3. The third-order valence-corrected chi connectivity index (χ3v) is 3.02. The summed E-state index contributed by atoms with van der Waals surface area (Å²) in [6, 6.07) is 0. The van der Waals surface area contributed by atoms with Crippen LogP contribution in [0.5, 0.6) is 0 Å². The Bertz CT molecular complexity index is 395. The van der Waals surface area contributed by atoms with Crippen LogP contribution in [0.2, 0.25) is 0 Å². The Morgan fingerprint density at radius 2 is 1.72 bits per heavy atom. The van der Waals surface area contributed by atoms with E-state index in [1.54, 1.807) is 6.92 Å². The summed E-state index contributed by atoms with van der Waals surface area (Å²) in [6.07, 6.45) is -9.05. The van der Waals surface area contributed by atoms with Crippen molar-refractivity contribution in [2.45, 2.75) is 32.2 Å². The minimum Gasteiger partial charge on any atom is -0.312 e. The monoisotopic (exact) mass is 292 g/mol. The normalized spacial score (nSPS) is 13.1. The third-order valence-electron chi connectivity index (χ3n) is 1.92. The molecular weight excluding hydrogens is 282 g/mol. The Kier molecular flexibility index (Phi) is 4.60. The minimum absolute atomic E-state index is 0.0251. The molecule has 9 heteroatoms. The zero-order valence-corrected chi connectivity index (χ0v) is 10.1. The topological polar surface area (TPSA) is 24.9 Å². The fourth-order valence-electron chi connectivity index (χ4n) is 1.19. The number of nitrogens with one attached hydrogen (secondary N) is 1. The summed E-state index contributed by atoms with van der Waals surface area (Å²) < 4.78 is 74.5. The second-order valence-corrected chi connectivity index (χ2v) is 4.55. The van der Waals surface area contributed by atoms with Crippen LogP contribution in [0, 0.1) is 0 Å². The highest BCUT2D eigenvalue weighted by Gasteiger charge is 2.42. The van der Waals surface area contributed by atoms with Gasteiger partial charge in [0.25, 0.3) is 0 Å². The van der Waals surface area contributed by atoms with Crippen LogP contribution in [-0.4, -0.2) is 11.5 Å². The van der Waals surface area contributed by atoms with E-state index in [1.165, 1.54) is 0 Å². The smallest absolute Gasteiger partial charge is 0.312 e. The van der Waals surface area contributed by atoms with Gasteiger partial charge in [-0.15, -0.1) is 11.3 Å². The summed E-state index contributed by atoms with van der Waals surface area (Å²) >= 11 is 0.0251. The lowest BCUT2D eigenvalue weighted by molar-refractivity contribution is -0.147. The van der Waals surface area contributed by atoms with E-state index in [1.807, 2.05) is 0 Å². The second kappa shape index (κ2) is 5.43. The quantitative estimate of drug-likeness (QED) is 0.676. The van der Waals surface area contributed by atoms with Gasteiger partial charge in [0.1, 0.15) is 0 Å². The van der Waals surface area contributed by atoms with Crippen LogP contribution < -0.4 is 5.32 Å². The van der Waals surface area contributed by atoms with Crippen molar-refractivity contribution >= 4 is 11.3 Å².